The Morgan fingerprint density at radius 2 is 2.22 bits per heavy atom. The number of ketones is 1. The maximum Gasteiger partial charge on any atom is 0.307 e. The van der Waals surface area contributed by atoms with E-state index in [2.05, 4.69) is 0 Å². The summed E-state index contributed by atoms with van der Waals surface area (Å²) in [6, 6.07) is 3.14. The van der Waals surface area contributed by atoms with Crippen molar-refractivity contribution >= 4 is 40.6 Å². The smallest absolute Gasteiger partial charge is 0.307 e. The number of carboxylic acid groups (broad SMARTS) is 1. The van der Waals surface area contributed by atoms with Gasteiger partial charge in [0.25, 0.3) is 5.91 Å². The van der Waals surface area contributed by atoms with Crippen LogP contribution in [0.5, 0.6) is 0 Å². The molecule has 1 aliphatic carbocycles. The van der Waals surface area contributed by atoms with Crippen LogP contribution in [0.3, 0.4) is 0 Å². The van der Waals surface area contributed by atoms with Gasteiger partial charge in [-0.25, -0.2) is 0 Å². The van der Waals surface area contributed by atoms with Crippen molar-refractivity contribution in [1.82, 2.24) is 4.90 Å². The van der Waals surface area contributed by atoms with E-state index in [1.807, 2.05) is 5.38 Å². The maximum atomic E-state index is 12.8. The number of amides is 1. The number of halogens is 1. The first-order valence-electron chi connectivity index (χ1n) is 7.08. The van der Waals surface area contributed by atoms with Crippen molar-refractivity contribution in [3.8, 4) is 0 Å². The van der Waals surface area contributed by atoms with Crippen molar-refractivity contribution in [1.29, 1.82) is 0 Å². The molecule has 0 fully saturated rings. The fraction of sp³-hybridized carbons (Fsp3) is 0.312. The van der Waals surface area contributed by atoms with E-state index in [1.54, 1.807) is 24.0 Å². The van der Waals surface area contributed by atoms with E-state index in [-0.39, 0.29) is 24.2 Å². The molecule has 1 aliphatic heterocycles. The molecule has 0 spiro atoms. The van der Waals surface area contributed by atoms with Gasteiger partial charge in [0.1, 0.15) is 0 Å². The van der Waals surface area contributed by atoms with Crippen LogP contribution in [-0.2, 0) is 9.59 Å². The van der Waals surface area contributed by atoms with Crippen LogP contribution in [0.2, 0.25) is 0 Å². The number of aliphatic carboxylic acids is 1. The van der Waals surface area contributed by atoms with E-state index in [0.29, 0.717) is 28.1 Å². The van der Waals surface area contributed by atoms with Crippen LogP contribution in [0, 0.1) is 0 Å². The third-order valence-corrected chi connectivity index (χ3v) is 5.38. The van der Waals surface area contributed by atoms with Crippen molar-refractivity contribution in [2.24, 2.45) is 0 Å². The van der Waals surface area contributed by atoms with E-state index in [1.165, 1.54) is 17.4 Å². The highest BCUT2D eigenvalue weighted by Crippen LogP contribution is 2.41. The van der Waals surface area contributed by atoms with E-state index in [9.17, 15) is 14.4 Å². The number of rotatable bonds is 3. The zero-order valence-electron chi connectivity index (χ0n) is 12.3. The van der Waals surface area contributed by atoms with E-state index < -0.39 is 11.3 Å². The van der Waals surface area contributed by atoms with Gasteiger partial charge in [0, 0.05) is 5.70 Å². The van der Waals surface area contributed by atoms with Gasteiger partial charge in [0.05, 0.1) is 22.7 Å². The Hall–Kier alpha value is -1.92. The van der Waals surface area contributed by atoms with Crippen LogP contribution in [-0.4, -0.2) is 39.1 Å². The normalized spacial score (nSPS) is 23.8. The predicted molar refractivity (Wildman–Crippen MR) is 86.6 cm³/mol. The first kappa shape index (κ1) is 16.0. The Morgan fingerprint density at radius 3 is 2.83 bits per heavy atom. The molecule has 7 heteroatoms. The summed E-state index contributed by atoms with van der Waals surface area (Å²) in [6.07, 6.45) is 1.47. The lowest BCUT2D eigenvalue weighted by Crippen LogP contribution is -2.40. The molecule has 1 amide bonds. The highest BCUT2D eigenvalue weighted by molar-refractivity contribution is 7.12. The van der Waals surface area contributed by atoms with Gasteiger partial charge in [0.2, 0.25) is 0 Å². The molecular weight excluding hydrogens is 338 g/mol. The summed E-state index contributed by atoms with van der Waals surface area (Å²) in [5.74, 6) is -1.42. The highest BCUT2D eigenvalue weighted by Gasteiger charge is 2.43. The molecule has 2 aliphatic rings. The van der Waals surface area contributed by atoms with Gasteiger partial charge in [-0.3, -0.25) is 14.4 Å². The summed E-state index contributed by atoms with van der Waals surface area (Å²) >= 11 is 7.39. The number of carboxylic acids is 1. The Bertz CT molecular complexity index is 750. The Kier molecular flexibility index (Phi) is 4.12. The summed E-state index contributed by atoms with van der Waals surface area (Å²) in [6.45, 7) is 1.72. The van der Waals surface area contributed by atoms with Crippen molar-refractivity contribution in [2.75, 3.05) is 0 Å². The van der Waals surface area contributed by atoms with Crippen LogP contribution in [0.4, 0.5) is 0 Å². The molecule has 2 heterocycles. The van der Waals surface area contributed by atoms with Crippen molar-refractivity contribution < 1.29 is 19.5 Å². The van der Waals surface area contributed by atoms with Crippen LogP contribution >= 0.6 is 22.9 Å². The highest BCUT2D eigenvalue weighted by atomic mass is 35.5. The second-order valence-electron chi connectivity index (χ2n) is 5.51. The minimum atomic E-state index is -0.995. The van der Waals surface area contributed by atoms with Crippen LogP contribution in [0.15, 0.2) is 40.4 Å². The Labute approximate surface area is 141 Å². The molecule has 0 aromatic carbocycles. The topological polar surface area (TPSA) is 74.7 Å². The number of allylic oxidation sites excluding steroid dienone is 2. The summed E-state index contributed by atoms with van der Waals surface area (Å²) < 4.78 is 0. The predicted octanol–water partition coefficient (Wildman–Crippen LogP) is 2.83. The molecule has 2 unspecified atom stereocenters. The average molecular weight is 352 g/mol. The molecule has 0 radical (unpaired) electrons. The van der Waals surface area contributed by atoms with E-state index in [0.717, 1.165) is 0 Å². The number of nitrogens with zero attached hydrogens (tertiary/aromatic N) is 1. The van der Waals surface area contributed by atoms with Gasteiger partial charge in [0.15, 0.2) is 5.78 Å². The molecule has 1 N–H and O–H groups in total. The van der Waals surface area contributed by atoms with Gasteiger partial charge in [-0.05, 0) is 42.0 Å². The minimum absolute atomic E-state index is 0.188. The average Bonchev–Trinajstić information content (AvgIpc) is 3.09. The molecule has 23 heavy (non-hydrogen) atoms. The van der Waals surface area contributed by atoms with Gasteiger partial charge in [-0.2, -0.15) is 0 Å². The fourth-order valence-corrected chi connectivity index (χ4v) is 3.99. The zero-order valence-corrected chi connectivity index (χ0v) is 13.9. The number of carbonyl (C=O) groups excluding carboxylic acids is 2. The van der Waals surface area contributed by atoms with Crippen LogP contribution in [0.25, 0.3) is 0 Å². The molecule has 2 atom stereocenters. The van der Waals surface area contributed by atoms with Crippen LogP contribution in [0.1, 0.15) is 29.4 Å². The maximum absolute atomic E-state index is 12.8. The molecule has 0 saturated heterocycles. The van der Waals surface area contributed by atoms with Crippen LogP contribution < -0.4 is 0 Å². The zero-order chi connectivity index (χ0) is 16.7. The molecule has 0 saturated carbocycles. The number of hydrogen-bond donors (Lipinski definition) is 1. The van der Waals surface area contributed by atoms with E-state index >= 15 is 0 Å². The lowest BCUT2D eigenvalue weighted by Gasteiger charge is -2.30. The lowest BCUT2D eigenvalue weighted by molar-refractivity contribution is -0.136. The first-order valence-corrected chi connectivity index (χ1v) is 8.40. The summed E-state index contributed by atoms with van der Waals surface area (Å²) in [5, 5.41) is 10.3. The number of thiophene rings is 1. The monoisotopic (exact) mass is 351 g/mol. The molecule has 0 bridgehead atoms. The molecule has 1 aromatic rings. The van der Waals surface area contributed by atoms with Gasteiger partial charge < -0.3 is 10.0 Å². The Morgan fingerprint density at radius 1 is 1.48 bits per heavy atom. The number of hydrogen-bond acceptors (Lipinski definition) is 4. The third kappa shape index (κ3) is 2.72. The molecular formula is C16H14ClNO4S. The summed E-state index contributed by atoms with van der Waals surface area (Å²) in [7, 11) is 0. The quantitative estimate of drug-likeness (QED) is 0.850. The second kappa shape index (κ2) is 5.94. The number of fused-ring (bicyclic) bond motifs is 1. The van der Waals surface area contributed by atoms with Crippen molar-refractivity contribution in [3.05, 3.63) is 45.3 Å². The van der Waals surface area contributed by atoms with E-state index in [4.69, 9.17) is 16.7 Å². The fourth-order valence-electron chi connectivity index (χ4n) is 3.09. The molecule has 3 rings (SSSR count). The second-order valence-corrected chi connectivity index (χ2v) is 6.98. The standard InChI is InChI=1S/C16H14ClNO4S/c1-8-9(6-15(20)21)10-5-13(19)11(17)7-12(10)18(8)16(22)14-3-2-4-23-14/h2-5,11-12H,6-7H2,1H3,(H,20,21). The van der Waals surface area contributed by atoms with Gasteiger partial charge >= 0.3 is 5.97 Å². The number of carbonyl (C=O) groups is 3. The van der Waals surface area contributed by atoms with Crippen molar-refractivity contribution in [3.63, 3.8) is 0 Å². The molecule has 1 aromatic heterocycles. The summed E-state index contributed by atoms with van der Waals surface area (Å²) in [4.78, 5) is 38.0. The number of alkyl halides is 1. The SMILES string of the molecule is CC1=C(CC(=O)O)C2=CC(=O)C(Cl)CC2N1C(=O)c1cccs1. The van der Waals surface area contributed by atoms with Gasteiger partial charge in [-0.1, -0.05) is 6.07 Å². The lowest BCUT2D eigenvalue weighted by atomic mass is 9.89. The van der Waals surface area contributed by atoms with Gasteiger partial charge in [-0.15, -0.1) is 22.9 Å². The largest absolute Gasteiger partial charge is 0.481 e. The molecule has 120 valence electrons. The third-order valence-electron chi connectivity index (χ3n) is 4.13. The Balaban J connectivity index is 2.06. The summed E-state index contributed by atoms with van der Waals surface area (Å²) in [5.41, 5.74) is 1.72. The molecule has 5 nitrogen and oxygen atoms in total. The minimum Gasteiger partial charge on any atom is -0.481 e. The first-order chi connectivity index (χ1) is 10.9. The van der Waals surface area contributed by atoms with Crippen molar-refractivity contribution in [2.45, 2.75) is 31.2 Å².